The predicted octanol–water partition coefficient (Wildman–Crippen LogP) is 1.75. The van der Waals surface area contributed by atoms with Crippen molar-refractivity contribution in [2.45, 2.75) is 57.0 Å². The summed E-state index contributed by atoms with van der Waals surface area (Å²) in [6, 6.07) is 8.26. The van der Waals surface area contributed by atoms with E-state index in [2.05, 4.69) is 0 Å². The van der Waals surface area contributed by atoms with Gasteiger partial charge in [0.1, 0.15) is 11.6 Å². The van der Waals surface area contributed by atoms with Crippen LogP contribution in [0.2, 0.25) is 0 Å². The van der Waals surface area contributed by atoms with Crippen molar-refractivity contribution in [3.05, 3.63) is 60.2 Å². The van der Waals surface area contributed by atoms with Crippen LogP contribution in [0.5, 0.6) is 0 Å². The molecule has 0 bridgehead atoms. The van der Waals surface area contributed by atoms with Crippen LogP contribution in [0, 0.1) is 11.8 Å². The Balaban J connectivity index is 1.58. The maximum atomic E-state index is 14.2. The molecule has 192 valence electrons. The normalized spacial score (nSPS) is 32.3. The Morgan fingerprint density at radius 1 is 1.03 bits per heavy atom. The molecule has 2 saturated heterocycles. The Bertz CT molecular complexity index is 1070. The number of amides is 3. The number of aliphatic hydroxyl groups excluding tert-OH is 1. The van der Waals surface area contributed by atoms with Gasteiger partial charge in [0.15, 0.2) is 0 Å². The molecule has 1 spiro atoms. The molecule has 1 aromatic carbocycles. The fraction of sp³-hybridized carbons (Fsp3) is 0.536. The van der Waals surface area contributed by atoms with E-state index in [9.17, 15) is 19.5 Å². The molecule has 5 rings (SSSR count). The molecule has 1 unspecified atom stereocenters. The van der Waals surface area contributed by atoms with E-state index in [4.69, 9.17) is 4.74 Å². The zero-order chi connectivity index (χ0) is 25.4. The molecule has 0 aromatic heterocycles. The van der Waals surface area contributed by atoms with Crippen molar-refractivity contribution in [2.75, 3.05) is 26.2 Å². The van der Waals surface area contributed by atoms with Crippen molar-refractivity contribution < 1.29 is 24.2 Å². The molecule has 1 aromatic rings. The van der Waals surface area contributed by atoms with Crippen LogP contribution in [0.1, 0.15) is 32.3 Å². The lowest BCUT2D eigenvalue weighted by molar-refractivity contribution is -0.151. The first kappa shape index (κ1) is 24.7. The molecule has 2 fully saturated rings. The highest BCUT2D eigenvalue weighted by Gasteiger charge is 2.72. The highest BCUT2D eigenvalue weighted by atomic mass is 16.5. The fourth-order valence-electron chi connectivity index (χ4n) is 6.40. The monoisotopic (exact) mass is 493 g/mol. The first-order valence-electron chi connectivity index (χ1n) is 13.0. The number of hydrogen-bond acceptors (Lipinski definition) is 5. The van der Waals surface area contributed by atoms with Gasteiger partial charge in [0.05, 0.1) is 30.6 Å². The van der Waals surface area contributed by atoms with Crippen molar-refractivity contribution in [1.82, 2.24) is 14.7 Å². The lowest BCUT2D eigenvalue weighted by Crippen LogP contribution is -2.57. The average Bonchev–Trinajstić information content (AvgIpc) is 3.21. The Hall–Kier alpha value is -2.97. The number of carbonyl (C=O) groups is 3. The zero-order valence-corrected chi connectivity index (χ0v) is 21.0. The molecule has 4 aliphatic heterocycles. The SMILES string of the molecule is CCCN1CC=C[C@@H]2O[C@]34C=CCN(Cc5ccccc5)C(=O)C3N([C@@H](CC)CO)C(=O)[C@@H]4[C@@H]2C1=O. The van der Waals surface area contributed by atoms with Crippen molar-refractivity contribution in [2.24, 2.45) is 11.8 Å². The molecule has 0 radical (unpaired) electrons. The molecule has 1 N–H and O–H groups in total. The maximum absolute atomic E-state index is 14.2. The minimum Gasteiger partial charge on any atom is -0.394 e. The molecule has 6 atom stereocenters. The first-order chi connectivity index (χ1) is 17.5. The van der Waals surface area contributed by atoms with Gasteiger partial charge >= 0.3 is 0 Å². The Morgan fingerprint density at radius 3 is 2.47 bits per heavy atom. The van der Waals surface area contributed by atoms with E-state index >= 15 is 0 Å². The van der Waals surface area contributed by atoms with Crippen LogP contribution in [0.25, 0.3) is 0 Å². The summed E-state index contributed by atoms with van der Waals surface area (Å²) in [6.45, 7) is 5.50. The van der Waals surface area contributed by atoms with Gasteiger partial charge < -0.3 is 24.5 Å². The van der Waals surface area contributed by atoms with E-state index in [1.165, 1.54) is 4.90 Å². The van der Waals surface area contributed by atoms with Crippen LogP contribution in [0.15, 0.2) is 54.6 Å². The topological polar surface area (TPSA) is 90.4 Å². The number of hydrogen-bond donors (Lipinski definition) is 1. The summed E-state index contributed by atoms with van der Waals surface area (Å²) in [5.41, 5.74) is -0.269. The summed E-state index contributed by atoms with van der Waals surface area (Å²) in [7, 11) is 0. The first-order valence-corrected chi connectivity index (χ1v) is 13.0. The minimum absolute atomic E-state index is 0.106. The molecular weight excluding hydrogens is 458 g/mol. The molecule has 0 saturated carbocycles. The van der Waals surface area contributed by atoms with Crippen LogP contribution in [0.4, 0.5) is 0 Å². The van der Waals surface area contributed by atoms with Crippen LogP contribution < -0.4 is 0 Å². The molecule has 4 aliphatic rings. The quantitative estimate of drug-likeness (QED) is 0.585. The maximum Gasteiger partial charge on any atom is 0.249 e. The average molecular weight is 494 g/mol. The summed E-state index contributed by atoms with van der Waals surface area (Å²) in [6.07, 6.45) is 8.28. The smallest absolute Gasteiger partial charge is 0.249 e. The molecule has 4 heterocycles. The van der Waals surface area contributed by atoms with Crippen LogP contribution in [0.3, 0.4) is 0 Å². The number of nitrogens with zero attached hydrogens (tertiary/aromatic N) is 3. The molecular formula is C28H35N3O5. The Labute approximate surface area is 212 Å². The van der Waals surface area contributed by atoms with E-state index in [0.717, 1.165) is 12.0 Å². The number of rotatable bonds is 7. The summed E-state index contributed by atoms with van der Waals surface area (Å²) in [5.74, 6) is -2.13. The van der Waals surface area contributed by atoms with Gasteiger partial charge in [-0.25, -0.2) is 0 Å². The molecule has 8 nitrogen and oxygen atoms in total. The third-order valence-electron chi connectivity index (χ3n) is 8.05. The van der Waals surface area contributed by atoms with Gasteiger partial charge in [0, 0.05) is 26.2 Å². The molecule has 0 aliphatic carbocycles. The predicted molar refractivity (Wildman–Crippen MR) is 133 cm³/mol. The summed E-state index contributed by atoms with van der Waals surface area (Å²) < 4.78 is 6.63. The second-order valence-corrected chi connectivity index (χ2v) is 10.2. The second-order valence-electron chi connectivity index (χ2n) is 10.2. The van der Waals surface area contributed by atoms with Crippen LogP contribution in [-0.4, -0.2) is 87.6 Å². The number of aliphatic hydroxyl groups is 1. The zero-order valence-electron chi connectivity index (χ0n) is 21.0. The highest BCUT2D eigenvalue weighted by molar-refractivity contribution is 6.00. The van der Waals surface area contributed by atoms with Gasteiger partial charge in [-0.2, -0.15) is 0 Å². The standard InChI is InChI=1S/C28H35N3O5/c1-3-14-29-15-8-12-21-22(25(29)33)23-26(34)31(20(4-2)18-32)24-27(35)30(16-9-13-28(23,24)36-21)17-19-10-6-5-7-11-19/h5-13,20-24,32H,3-4,14-18H2,1-2H3/t20-,21-,22+,23-,24?,28-/m0/s1. The van der Waals surface area contributed by atoms with E-state index in [1.54, 1.807) is 9.80 Å². The highest BCUT2D eigenvalue weighted by Crippen LogP contribution is 2.54. The molecule has 8 heteroatoms. The van der Waals surface area contributed by atoms with Crippen molar-refractivity contribution in [3.8, 4) is 0 Å². The van der Waals surface area contributed by atoms with Gasteiger partial charge in [-0.15, -0.1) is 0 Å². The number of likely N-dealkylation sites (tertiary alicyclic amines) is 1. The lowest BCUT2D eigenvalue weighted by atomic mass is 9.77. The second kappa shape index (κ2) is 9.82. The summed E-state index contributed by atoms with van der Waals surface area (Å²) in [5, 5.41) is 10.2. The fourth-order valence-corrected chi connectivity index (χ4v) is 6.40. The van der Waals surface area contributed by atoms with Gasteiger partial charge in [-0.05, 0) is 18.4 Å². The third kappa shape index (κ3) is 3.78. The van der Waals surface area contributed by atoms with Gasteiger partial charge in [-0.1, -0.05) is 68.5 Å². The van der Waals surface area contributed by atoms with E-state index in [1.807, 2.05) is 68.5 Å². The number of benzene rings is 1. The minimum atomic E-state index is -1.26. The Morgan fingerprint density at radius 2 is 1.78 bits per heavy atom. The van der Waals surface area contributed by atoms with Crippen molar-refractivity contribution in [3.63, 3.8) is 0 Å². The number of ether oxygens (including phenoxy) is 1. The van der Waals surface area contributed by atoms with Gasteiger partial charge in [0.25, 0.3) is 0 Å². The molecule has 3 amide bonds. The van der Waals surface area contributed by atoms with Gasteiger partial charge in [-0.3, -0.25) is 14.4 Å². The van der Waals surface area contributed by atoms with Gasteiger partial charge in [0.2, 0.25) is 17.7 Å². The van der Waals surface area contributed by atoms with Crippen LogP contribution >= 0.6 is 0 Å². The Kier molecular flexibility index (Phi) is 6.74. The largest absolute Gasteiger partial charge is 0.394 e. The summed E-state index contributed by atoms with van der Waals surface area (Å²) in [4.78, 5) is 47.1. The van der Waals surface area contributed by atoms with Crippen LogP contribution in [-0.2, 0) is 25.7 Å². The summed E-state index contributed by atoms with van der Waals surface area (Å²) >= 11 is 0. The lowest BCUT2D eigenvalue weighted by Gasteiger charge is -2.38. The number of carbonyl (C=O) groups excluding carboxylic acids is 3. The van der Waals surface area contributed by atoms with E-state index in [-0.39, 0.29) is 24.3 Å². The number of fused-ring (bicyclic) bond motifs is 2. The van der Waals surface area contributed by atoms with E-state index in [0.29, 0.717) is 32.6 Å². The van der Waals surface area contributed by atoms with Crippen molar-refractivity contribution in [1.29, 1.82) is 0 Å². The third-order valence-corrected chi connectivity index (χ3v) is 8.05. The molecule has 36 heavy (non-hydrogen) atoms. The van der Waals surface area contributed by atoms with E-state index < -0.39 is 35.6 Å². The van der Waals surface area contributed by atoms with Crippen molar-refractivity contribution >= 4 is 17.7 Å².